The molecule has 6 nitrogen and oxygen atoms in total. The number of fused-ring (bicyclic) bond motifs is 1. The third-order valence-electron chi connectivity index (χ3n) is 2.75. The van der Waals surface area contributed by atoms with Crippen molar-refractivity contribution < 1.29 is 19.4 Å². The molecule has 1 aromatic rings. The molecule has 0 aromatic heterocycles. The van der Waals surface area contributed by atoms with E-state index in [1.54, 1.807) is 25.2 Å². The van der Waals surface area contributed by atoms with Crippen molar-refractivity contribution in [1.29, 1.82) is 0 Å². The molecule has 1 aromatic carbocycles. The molecule has 0 radical (unpaired) electrons. The van der Waals surface area contributed by atoms with Gasteiger partial charge in [0, 0.05) is 6.54 Å². The predicted molar refractivity (Wildman–Crippen MR) is 64.9 cm³/mol. The first-order valence-electron chi connectivity index (χ1n) is 5.56. The molecule has 3 N–H and O–H groups in total. The van der Waals surface area contributed by atoms with Crippen LogP contribution in [0, 0.1) is 0 Å². The summed E-state index contributed by atoms with van der Waals surface area (Å²) in [6.45, 7) is 0.314. The first-order chi connectivity index (χ1) is 8.61. The molecular weight excluding hydrogens is 236 g/mol. The molecule has 1 aliphatic heterocycles. The van der Waals surface area contributed by atoms with Gasteiger partial charge in [-0.2, -0.15) is 0 Å². The van der Waals surface area contributed by atoms with Gasteiger partial charge in [-0.1, -0.05) is 6.07 Å². The zero-order valence-electron chi connectivity index (χ0n) is 9.90. The number of benzene rings is 1. The van der Waals surface area contributed by atoms with Crippen molar-refractivity contribution in [3.63, 3.8) is 0 Å². The number of likely N-dealkylation sites (N-methyl/N-ethyl adjacent to an activating group) is 1. The number of ether oxygens (including phenoxy) is 1. The van der Waals surface area contributed by atoms with Gasteiger partial charge in [0.2, 0.25) is 0 Å². The lowest BCUT2D eigenvalue weighted by atomic mass is 9.98. The number of carbonyl (C=O) groups excluding carboxylic acids is 1. The zero-order chi connectivity index (χ0) is 13.1. The molecule has 0 fully saturated rings. The minimum Gasteiger partial charge on any atom is -0.482 e. The normalized spacial score (nSPS) is 15.3. The second-order valence-corrected chi connectivity index (χ2v) is 4.04. The van der Waals surface area contributed by atoms with Crippen LogP contribution in [0.3, 0.4) is 0 Å². The fraction of sp³-hybridized carbons (Fsp3) is 0.333. The summed E-state index contributed by atoms with van der Waals surface area (Å²) in [5.74, 6) is -1.24. The van der Waals surface area contributed by atoms with Crippen LogP contribution in [0.2, 0.25) is 0 Å². The summed E-state index contributed by atoms with van der Waals surface area (Å²) < 4.78 is 5.22. The summed E-state index contributed by atoms with van der Waals surface area (Å²) in [7, 11) is 1.69. The largest absolute Gasteiger partial charge is 0.482 e. The van der Waals surface area contributed by atoms with Crippen LogP contribution in [0.5, 0.6) is 5.75 Å². The molecule has 1 unspecified atom stereocenters. The molecule has 0 aliphatic carbocycles. The summed E-state index contributed by atoms with van der Waals surface area (Å²) in [6, 6.07) is 5.02. The number of carboxylic acid groups (broad SMARTS) is 1. The van der Waals surface area contributed by atoms with E-state index in [1.807, 2.05) is 0 Å². The Bertz CT molecular complexity index is 487. The van der Waals surface area contributed by atoms with E-state index in [0.29, 0.717) is 23.5 Å². The van der Waals surface area contributed by atoms with E-state index in [-0.39, 0.29) is 12.5 Å². The molecule has 0 bridgehead atoms. The maximum atomic E-state index is 11.2. The highest BCUT2D eigenvalue weighted by molar-refractivity contribution is 5.95. The van der Waals surface area contributed by atoms with E-state index in [0.717, 1.165) is 0 Å². The van der Waals surface area contributed by atoms with Gasteiger partial charge in [-0.3, -0.25) is 9.59 Å². The van der Waals surface area contributed by atoms with E-state index >= 15 is 0 Å². The van der Waals surface area contributed by atoms with Gasteiger partial charge in [0.25, 0.3) is 5.91 Å². The Hall–Kier alpha value is -2.08. The second-order valence-electron chi connectivity index (χ2n) is 4.04. The molecule has 6 heteroatoms. The SMILES string of the molecule is CNCC(C(=O)O)c1ccc2c(c1)NC(=O)CO2. The van der Waals surface area contributed by atoms with Crippen molar-refractivity contribution in [2.45, 2.75) is 5.92 Å². The number of nitrogens with one attached hydrogen (secondary N) is 2. The molecule has 18 heavy (non-hydrogen) atoms. The first kappa shape index (κ1) is 12.4. The molecule has 2 rings (SSSR count). The van der Waals surface area contributed by atoms with Crippen LogP contribution in [0.15, 0.2) is 18.2 Å². The Morgan fingerprint density at radius 3 is 3.06 bits per heavy atom. The van der Waals surface area contributed by atoms with Gasteiger partial charge in [-0.25, -0.2) is 0 Å². The van der Waals surface area contributed by atoms with Crippen LogP contribution < -0.4 is 15.4 Å². The predicted octanol–water partition coefficient (Wildman–Crippen LogP) is 0.405. The second kappa shape index (κ2) is 5.05. The van der Waals surface area contributed by atoms with Crippen molar-refractivity contribution >= 4 is 17.6 Å². The van der Waals surface area contributed by atoms with E-state index in [2.05, 4.69) is 10.6 Å². The monoisotopic (exact) mass is 250 g/mol. The average Bonchev–Trinajstić information content (AvgIpc) is 2.34. The lowest BCUT2D eigenvalue weighted by molar-refractivity contribution is -0.138. The van der Waals surface area contributed by atoms with Crippen LogP contribution in [-0.2, 0) is 9.59 Å². The Morgan fingerprint density at radius 1 is 1.61 bits per heavy atom. The highest BCUT2D eigenvalue weighted by Gasteiger charge is 2.22. The van der Waals surface area contributed by atoms with Gasteiger partial charge in [-0.15, -0.1) is 0 Å². The molecule has 1 heterocycles. The maximum absolute atomic E-state index is 11.2. The fourth-order valence-electron chi connectivity index (χ4n) is 1.87. The molecular formula is C12H14N2O4. The van der Waals surface area contributed by atoms with Crippen molar-refractivity contribution in [3.05, 3.63) is 23.8 Å². The van der Waals surface area contributed by atoms with Gasteiger partial charge in [0.1, 0.15) is 5.75 Å². The van der Waals surface area contributed by atoms with Crippen molar-refractivity contribution in [2.75, 3.05) is 25.5 Å². The summed E-state index contributed by atoms with van der Waals surface area (Å²) in [5.41, 5.74) is 1.15. The van der Waals surface area contributed by atoms with Crippen molar-refractivity contribution in [2.24, 2.45) is 0 Å². The number of anilines is 1. The zero-order valence-corrected chi connectivity index (χ0v) is 9.90. The lowest BCUT2D eigenvalue weighted by Gasteiger charge is -2.20. The first-order valence-corrected chi connectivity index (χ1v) is 5.56. The smallest absolute Gasteiger partial charge is 0.312 e. The topological polar surface area (TPSA) is 87.7 Å². The van der Waals surface area contributed by atoms with Gasteiger partial charge in [0.15, 0.2) is 6.61 Å². The van der Waals surface area contributed by atoms with Crippen LogP contribution in [0.4, 0.5) is 5.69 Å². The maximum Gasteiger partial charge on any atom is 0.312 e. The summed E-state index contributed by atoms with van der Waals surface area (Å²) in [4.78, 5) is 22.4. The van der Waals surface area contributed by atoms with E-state index < -0.39 is 11.9 Å². The molecule has 0 spiro atoms. The third kappa shape index (κ3) is 2.43. The number of hydrogen-bond donors (Lipinski definition) is 3. The number of rotatable bonds is 4. The average molecular weight is 250 g/mol. The number of hydrogen-bond acceptors (Lipinski definition) is 4. The molecule has 0 saturated heterocycles. The number of carboxylic acids is 1. The van der Waals surface area contributed by atoms with E-state index in [1.165, 1.54) is 0 Å². The fourth-order valence-corrected chi connectivity index (χ4v) is 1.87. The van der Waals surface area contributed by atoms with Crippen molar-refractivity contribution in [3.8, 4) is 5.75 Å². The minimum absolute atomic E-state index is 0.00871. The van der Waals surface area contributed by atoms with Crippen LogP contribution >= 0.6 is 0 Å². The van der Waals surface area contributed by atoms with Gasteiger partial charge < -0.3 is 20.5 Å². The third-order valence-corrected chi connectivity index (χ3v) is 2.75. The van der Waals surface area contributed by atoms with Gasteiger partial charge in [-0.05, 0) is 24.7 Å². The number of aliphatic carboxylic acids is 1. The Labute approximate surface area is 104 Å². The standard InChI is InChI=1S/C12H14N2O4/c1-13-5-8(12(16)17)7-2-3-10-9(4-7)14-11(15)6-18-10/h2-4,8,13H,5-6H2,1H3,(H,14,15)(H,16,17). The molecule has 1 aliphatic rings. The van der Waals surface area contributed by atoms with Gasteiger partial charge in [0.05, 0.1) is 11.6 Å². The Balaban J connectivity index is 2.31. The minimum atomic E-state index is -0.910. The van der Waals surface area contributed by atoms with Gasteiger partial charge >= 0.3 is 5.97 Å². The van der Waals surface area contributed by atoms with E-state index in [4.69, 9.17) is 9.84 Å². The molecule has 1 amide bonds. The van der Waals surface area contributed by atoms with Crippen LogP contribution in [-0.4, -0.2) is 37.2 Å². The Kier molecular flexibility index (Phi) is 3.47. The number of amides is 1. The van der Waals surface area contributed by atoms with Crippen molar-refractivity contribution in [1.82, 2.24) is 5.32 Å². The molecule has 96 valence electrons. The molecule has 1 atom stereocenters. The lowest BCUT2D eigenvalue weighted by Crippen LogP contribution is -2.27. The number of carbonyl (C=O) groups is 2. The van der Waals surface area contributed by atoms with Crippen LogP contribution in [0.25, 0.3) is 0 Å². The highest BCUT2D eigenvalue weighted by Crippen LogP contribution is 2.31. The van der Waals surface area contributed by atoms with E-state index in [9.17, 15) is 9.59 Å². The summed E-state index contributed by atoms with van der Waals surface area (Å²) >= 11 is 0. The summed E-state index contributed by atoms with van der Waals surface area (Å²) in [6.07, 6.45) is 0. The quantitative estimate of drug-likeness (QED) is 0.720. The Morgan fingerprint density at radius 2 is 2.39 bits per heavy atom. The highest BCUT2D eigenvalue weighted by atomic mass is 16.5. The summed E-state index contributed by atoms with van der Waals surface area (Å²) in [5, 5.41) is 14.7. The molecule has 0 saturated carbocycles. The van der Waals surface area contributed by atoms with Crippen LogP contribution in [0.1, 0.15) is 11.5 Å².